The zero-order chi connectivity index (χ0) is 23.3. The van der Waals surface area contributed by atoms with E-state index in [9.17, 15) is 14.7 Å². The molecular weight excluding hydrogens is 404 g/mol. The van der Waals surface area contributed by atoms with Crippen molar-refractivity contribution in [1.29, 1.82) is 0 Å². The molecular formula is C25H34N4O3. The van der Waals surface area contributed by atoms with Crippen LogP contribution in [0.1, 0.15) is 51.7 Å². The first-order chi connectivity index (χ1) is 15.3. The van der Waals surface area contributed by atoms with Crippen molar-refractivity contribution in [2.24, 2.45) is 5.92 Å². The second kappa shape index (κ2) is 10.5. The van der Waals surface area contributed by atoms with Crippen molar-refractivity contribution in [2.45, 2.75) is 52.7 Å². The van der Waals surface area contributed by atoms with Gasteiger partial charge in [0, 0.05) is 19.6 Å². The van der Waals surface area contributed by atoms with E-state index in [-0.39, 0.29) is 18.1 Å². The Kier molecular flexibility index (Phi) is 7.75. The van der Waals surface area contributed by atoms with Crippen LogP contribution < -0.4 is 21.9 Å². The lowest BCUT2D eigenvalue weighted by molar-refractivity contribution is 0.183. The van der Waals surface area contributed by atoms with Crippen LogP contribution in [0.3, 0.4) is 0 Å². The molecule has 0 amide bonds. The first kappa shape index (κ1) is 23.6. The van der Waals surface area contributed by atoms with Crippen molar-refractivity contribution in [1.82, 2.24) is 9.55 Å². The number of benzene rings is 2. The number of H-pyrrole nitrogens is 1. The molecule has 0 radical (unpaired) electrons. The normalized spacial score (nSPS) is 12.4. The Labute approximate surface area is 188 Å². The van der Waals surface area contributed by atoms with E-state index in [1.54, 1.807) is 0 Å². The summed E-state index contributed by atoms with van der Waals surface area (Å²) >= 11 is 0. The molecule has 2 aromatic carbocycles. The molecule has 172 valence electrons. The van der Waals surface area contributed by atoms with Crippen molar-refractivity contribution in [2.75, 3.05) is 23.7 Å². The van der Waals surface area contributed by atoms with Gasteiger partial charge in [0.15, 0.2) is 0 Å². The molecule has 0 saturated carbocycles. The Morgan fingerprint density at radius 2 is 1.84 bits per heavy atom. The van der Waals surface area contributed by atoms with E-state index in [2.05, 4.69) is 18.8 Å². The summed E-state index contributed by atoms with van der Waals surface area (Å²) in [4.78, 5) is 29.4. The average Bonchev–Trinajstić information content (AvgIpc) is 2.76. The molecule has 32 heavy (non-hydrogen) atoms. The molecule has 3 rings (SSSR count). The fourth-order valence-electron chi connectivity index (χ4n) is 3.86. The third kappa shape index (κ3) is 5.40. The number of rotatable bonds is 10. The Morgan fingerprint density at radius 1 is 1.12 bits per heavy atom. The predicted molar refractivity (Wildman–Crippen MR) is 131 cm³/mol. The molecule has 1 heterocycles. The molecule has 0 saturated heterocycles. The lowest BCUT2D eigenvalue weighted by Crippen LogP contribution is -2.40. The molecule has 7 nitrogen and oxygen atoms in total. The van der Waals surface area contributed by atoms with E-state index in [0.717, 1.165) is 35.6 Å². The summed E-state index contributed by atoms with van der Waals surface area (Å²) in [5.74, 6) is 0.559. The number of hydrogen-bond donors (Lipinski definition) is 3. The Bertz CT molecular complexity index is 1170. The minimum Gasteiger partial charge on any atom is -0.387 e. The molecule has 0 aliphatic carbocycles. The molecule has 1 unspecified atom stereocenters. The van der Waals surface area contributed by atoms with E-state index in [4.69, 9.17) is 5.73 Å². The Morgan fingerprint density at radius 3 is 2.53 bits per heavy atom. The highest BCUT2D eigenvalue weighted by atomic mass is 16.3. The third-order valence-corrected chi connectivity index (χ3v) is 5.79. The topological polar surface area (TPSA) is 104 Å². The number of aromatic amines is 1. The van der Waals surface area contributed by atoms with Gasteiger partial charge in [0.2, 0.25) is 0 Å². The molecule has 7 heteroatoms. The molecule has 0 fully saturated rings. The SMILES string of the molecule is CCCCn1c(N)c(N(CCC(C)C)CC(O)c2ccc3ccccc3c2)c(=O)[nH]c1=O. The fraction of sp³-hybridized carbons (Fsp3) is 0.440. The van der Waals surface area contributed by atoms with Crippen LogP contribution in [-0.4, -0.2) is 27.7 Å². The van der Waals surface area contributed by atoms with Gasteiger partial charge in [-0.05, 0) is 41.2 Å². The van der Waals surface area contributed by atoms with Crippen LogP contribution >= 0.6 is 0 Å². The zero-order valence-electron chi connectivity index (χ0n) is 19.2. The highest BCUT2D eigenvalue weighted by molar-refractivity contribution is 5.83. The van der Waals surface area contributed by atoms with Gasteiger partial charge in [0.1, 0.15) is 11.5 Å². The van der Waals surface area contributed by atoms with Crippen molar-refractivity contribution < 1.29 is 5.11 Å². The summed E-state index contributed by atoms with van der Waals surface area (Å²) in [7, 11) is 0. The van der Waals surface area contributed by atoms with Gasteiger partial charge in [-0.3, -0.25) is 14.3 Å². The van der Waals surface area contributed by atoms with Crippen LogP contribution in [0.25, 0.3) is 10.8 Å². The minimum absolute atomic E-state index is 0.154. The highest BCUT2D eigenvalue weighted by Crippen LogP contribution is 2.25. The minimum atomic E-state index is -0.818. The van der Waals surface area contributed by atoms with Crippen LogP contribution in [0, 0.1) is 5.92 Å². The maximum atomic E-state index is 12.8. The van der Waals surface area contributed by atoms with Gasteiger partial charge in [0.25, 0.3) is 5.56 Å². The first-order valence-electron chi connectivity index (χ1n) is 11.4. The quantitative estimate of drug-likeness (QED) is 0.448. The number of fused-ring (bicyclic) bond motifs is 1. The van der Waals surface area contributed by atoms with E-state index in [1.165, 1.54) is 4.57 Å². The van der Waals surface area contributed by atoms with Gasteiger partial charge in [-0.2, -0.15) is 0 Å². The standard InChI is InChI=1S/C25H34N4O3/c1-4-5-13-29-23(26)22(24(31)27-25(29)32)28(14-12-17(2)3)16-21(30)20-11-10-18-8-6-7-9-19(18)15-20/h6-11,15,17,21,30H,4-5,12-14,16,26H2,1-3H3,(H,27,31,32). The van der Waals surface area contributed by atoms with Gasteiger partial charge in [0.05, 0.1) is 6.10 Å². The van der Waals surface area contributed by atoms with E-state index < -0.39 is 17.4 Å². The number of aliphatic hydroxyl groups excluding tert-OH is 1. The van der Waals surface area contributed by atoms with Crippen LogP contribution in [0.5, 0.6) is 0 Å². The fourth-order valence-corrected chi connectivity index (χ4v) is 3.86. The van der Waals surface area contributed by atoms with Crippen molar-refractivity contribution in [3.63, 3.8) is 0 Å². The molecule has 0 aliphatic rings. The van der Waals surface area contributed by atoms with Gasteiger partial charge in [-0.1, -0.05) is 63.6 Å². The summed E-state index contributed by atoms with van der Waals surface area (Å²) in [6.07, 6.45) is 1.68. The number of nitrogens with zero attached hydrogens (tertiary/aromatic N) is 2. The van der Waals surface area contributed by atoms with Crippen LogP contribution in [0.2, 0.25) is 0 Å². The molecule has 4 N–H and O–H groups in total. The number of hydrogen-bond acceptors (Lipinski definition) is 5. The Balaban J connectivity index is 1.97. The second-order valence-electron chi connectivity index (χ2n) is 8.75. The number of nitrogens with two attached hydrogens (primary N) is 1. The lowest BCUT2D eigenvalue weighted by atomic mass is 10.0. The summed E-state index contributed by atoms with van der Waals surface area (Å²) < 4.78 is 1.42. The average molecular weight is 439 g/mol. The molecule has 0 bridgehead atoms. The Hall–Kier alpha value is -3.06. The number of aliphatic hydroxyl groups is 1. The summed E-state index contributed by atoms with van der Waals surface area (Å²) in [6.45, 7) is 7.42. The lowest BCUT2D eigenvalue weighted by Gasteiger charge is -2.29. The van der Waals surface area contributed by atoms with Crippen molar-refractivity contribution >= 4 is 22.3 Å². The maximum Gasteiger partial charge on any atom is 0.330 e. The van der Waals surface area contributed by atoms with E-state index in [1.807, 2.05) is 54.3 Å². The molecule has 1 atom stereocenters. The van der Waals surface area contributed by atoms with Crippen molar-refractivity contribution in [3.05, 3.63) is 68.9 Å². The highest BCUT2D eigenvalue weighted by Gasteiger charge is 2.22. The maximum absolute atomic E-state index is 12.8. The number of anilines is 2. The number of unbranched alkanes of at least 4 members (excludes halogenated alkanes) is 1. The molecule has 0 spiro atoms. The summed E-state index contributed by atoms with van der Waals surface area (Å²) in [6, 6.07) is 13.8. The molecule has 1 aromatic heterocycles. The monoisotopic (exact) mass is 438 g/mol. The second-order valence-corrected chi connectivity index (χ2v) is 8.75. The smallest absolute Gasteiger partial charge is 0.330 e. The molecule has 3 aromatic rings. The predicted octanol–water partition coefficient (Wildman–Crippen LogP) is 3.66. The number of nitrogen functional groups attached to an aromatic ring is 1. The van der Waals surface area contributed by atoms with E-state index >= 15 is 0 Å². The van der Waals surface area contributed by atoms with Crippen LogP contribution in [0.15, 0.2) is 52.1 Å². The summed E-state index contributed by atoms with van der Waals surface area (Å²) in [5, 5.41) is 13.2. The van der Waals surface area contributed by atoms with Crippen molar-refractivity contribution in [3.8, 4) is 0 Å². The van der Waals surface area contributed by atoms with Gasteiger partial charge < -0.3 is 15.7 Å². The zero-order valence-corrected chi connectivity index (χ0v) is 19.2. The summed E-state index contributed by atoms with van der Waals surface area (Å²) in [5.41, 5.74) is 6.35. The van der Waals surface area contributed by atoms with Crippen LogP contribution in [0.4, 0.5) is 11.5 Å². The van der Waals surface area contributed by atoms with Gasteiger partial charge >= 0.3 is 5.69 Å². The largest absolute Gasteiger partial charge is 0.387 e. The van der Waals surface area contributed by atoms with Gasteiger partial charge in [-0.25, -0.2) is 4.79 Å². The third-order valence-electron chi connectivity index (χ3n) is 5.79. The van der Waals surface area contributed by atoms with Crippen LogP contribution in [-0.2, 0) is 6.54 Å². The van der Waals surface area contributed by atoms with E-state index in [0.29, 0.717) is 19.0 Å². The number of aromatic nitrogens is 2. The molecule has 0 aliphatic heterocycles. The number of nitrogens with one attached hydrogen (secondary N) is 1. The van der Waals surface area contributed by atoms with Gasteiger partial charge in [-0.15, -0.1) is 0 Å². The first-order valence-corrected chi connectivity index (χ1v) is 11.4.